The van der Waals surface area contributed by atoms with Crippen LogP contribution in [0.1, 0.15) is 309 Å². The molecule has 2 atom stereocenters. The molecule has 0 radical (unpaired) electrons. The molecule has 9 nitrogen and oxygen atoms in total. The fraction of sp³-hybridized carbons (Fsp3) is 0.622. The fourth-order valence-corrected chi connectivity index (χ4v) is 11.3. The molecule has 0 aromatic heterocycles. The summed E-state index contributed by atoms with van der Waals surface area (Å²) in [6, 6.07) is 0. The van der Waals surface area contributed by atoms with Crippen molar-refractivity contribution in [3.05, 3.63) is 194 Å². The van der Waals surface area contributed by atoms with Crippen LogP contribution in [-0.2, 0) is 32.7 Å². The molecule has 0 rings (SSSR count). The molecule has 0 amide bonds. The molecule has 0 heterocycles. The molecule has 0 saturated carbocycles. The van der Waals surface area contributed by atoms with Crippen LogP contribution in [0.3, 0.4) is 0 Å². The Hall–Kier alpha value is -5.15. The number of quaternary nitrogens is 1. The number of nitrogens with zero attached hydrogens (tertiary/aromatic N) is 1. The van der Waals surface area contributed by atoms with Gasteiger partial charge in [-0.1, -0.05) is 350 Å². The van der Waals surface area contributed by atoms with Crippen LogP contribution >= 0.6 is 7.82 Å². The molecule has 2 unspecified atom stereocenters. The van der Waals surface area contributed by atoms with E-state index < -0.39 is 32.5 Å². The van der Waals surface area contributed by atoms with Gasteiger partial charge in [0.15, 0.2) is 6.10 Å². The summed E-state index contributed by atoms with van der Waals surface area (Å²) in [5.41, 5.74) is 0. The maximum Gasteiger partial charge on any atom is 0.306 e. The lowest BCUT2D eigenvalue weighted by molar-refractivity contribution is -0.870. The molecule has 0 fully saturated rings. The van der Waals surface area contributed by atoms with Gasteiger partial charge < -0.3 is 27.9 Å². The van der Waals surface area contributed by atoms with E-state index in [4.69, 9.17) is 18.5 Å². The van der Waals surface area contributed by atoms with Gasteiger partial charge in [0.25, 0.3) is 7.82 Å². The first-order chi connectivity index (χ1) is 49.0. The molecule has 0 bridgehead atoms. The summed E-state index contributed by atoms with van der Waals surface area (Å²) in [6.07, 6.45) is 121. The Kier molecular flexibility index (Phi) is 74.0. The van der Waals surface area contributed by atoms with Crippen LogP contribution in [0, 0.1) is 0 Å². The molecule has 0 aromatic carbocycles. The number of carbonyl (C=O) groups is 2. The second-order valence-corrected chi connectivity index (χ2v) is 28.7. The molecule has 0 saturated heterocycles. The van der Waals surface area contributed by atoms with E-state index in [1.807, 2.05) is 21.1 Å². The predicted molar refractivity (Wildman–Crippen MR) is 433 cm³/mol. The van der Waals surface area contributed by atoms with Crippen molar-refractivity contribution >= 4 is 19.8 Å². The Labute approximate surface area is 615 Å². The number of rotatable bonds is 72. The third kappa shape index (κ3) is 81.8. The van der Waals surface area contributed by atoms with Gasteiger partial charge in [-0.05, 0) is 141 Å². The Morgan fingerprint density at radius 3 is 0.800 bits per heavy atom. The molecular formula is C90H148NO8P. The zero-order valence-corrected chi connectivity index (χ0v) is 65.5. The van der Waals surface area contributed by atoms with E-state index >= 15 is 0 Å². The first-order valence-corrected chi connectivity index (χ1v) is 41.6. The highest BCUT2D eigenvalue weighted by atomic mass is 31.2. The Balaban J connectivity index is 4.05. The lowest BCUT2D eigenvalue weighted by atomic mass is 10.0. The van der Waals surface area contributed by atoms with Crippen LogP contribution in [0.4, 0.5) is 0 Å². The fourth-order valence-electron chi connectivity index (χ4n) is 10.6. The van der Waals surface area contributed by atoms with E-state index in [-0.39, 0.29) is 26.1 Å². The van der Waals surface area contributed by atoms with Crippen molar-refractivity contribution in [1.29, 1.82) is 0 Å². The largest absolute Gasteiger partial charge is 0.756 e. The normalized spacial score (nSPS) is 14.1. The van der Waals surface area contributed by atoms with Crippen molar-refractivity contribution in [3.63, 3.8) is 0 Å². The van der Waals surface area contributed by atoms with Crippen LogP contribution < -0.4 is 4.89 Å². The number of phosphoric acid groups is 1. The number of ether oxygens (including phenoxy) is 2. The average molecular weight is 1400 g/mol. The van der Waals surface area contributed by atoms with Crippen molar-refractivity contribution in [2.75, 3.05) is 47.5 Å². The minimum atomic E-state index is -4.67. The maximum absolute atomic E-state index is 12.9. The van der Waals surface area contributed by atoms with E-state index in [0.717, 1.165) is 148 Å². The molecule has 566 valence electrons. The highest BCUT2D eigenvalue weighted by Gasteiger charge is 2.22. The first kappa shape index (κ1) is 94.8. The van der Waals surface area contributed by atoms with Gasteiger partial charge in [0, 0.05) is 12.8 Å². The lowest BCUT2D eigenvalue weighted by Gasteiger charge is -2.28. The van der Waals surface area contributed by atoms with Gasteiger partial charge in [-0.3, -0.25) is 14.2 Å². The second-order valence-electron chi connectivity index (χ2n) is 27.3. The summed E-state index contributed by atoms with van der Waals surface area (Å²) in [4.78, 5) is 38.2. The van der Waals surface area contributed by atoms with Crippen molar-refractivity contribution in [1.82, 2.24) is 0 Å². The van der Waals surface area contributed by atoms with Crippen molar-refractivity contribution in [3.8, 4) is 0 Å². The predicted octanol–water partition coefficient (Wildman–Crippen LogP) is 26.5. The lowest BCUT2D eigenvalue weighted by Crippen LogP contribution is -2.37. The molecule has 0 aliphatic carbocycles. The number of unbranched alkanes of at least 4 members (excludes halogenated alkanes) is 26. The zero-order valence-electron chi connectivity index (χ0n) is 64.6. The van der Waals surface area contributed by atoms with E-state index in [9.17, 15) is 19.0 Å². The molecular weight excluding hydrogens is 1250 g/mol. The first-order valence-electron chi connectivity index (χ1n) is 40.1. The van der Waals surface area contributed by atoms with Gasteiger partial charge in [0.1, 0.15) is 19.8 Å². The van der Waals surface area contributed by atoms with Gasteiger partial charge in [-0.15, -0.1) is 0 Å². The minimum absolute atomic E-state index is 0.0443. The molecule has 0 aliphatic rings. The standard InChI is InChI=1S/C90H148NO8P/c1-6-8-10-12-14-16-18-20-22-24-26-28-30-32-34-36-38-40-42-43-44-45-46-47-49-50-52-54-56-58-60-62-64-66-68-70-72-74-76-78-80-82-89(92)96-86-88(87-98-100(94,95)97-85-84-91(3,4)5)99-90(93)83-81-79-77-75-73-71-69-67-65-63-61-59-57-55-53-51-48-41-39-37-35-33-31-29-27-25-23-21-19-17-15-13-11-9-7-2/h8-11,14-17,20-23,26-29,32-35,38-41,51,53,57,59,63,65,69,71,88H,6-7,12-13,18-19,24-25,30-31,36-37,42-50,52,54-56,58,60-62,64,66-68,70,72-87H2,1-5H3/b10-8-,11-9-,16-14-,17-15-,22-20-,23-21-,28-26-,29-27-,34-32-,35-33-,40-38-,41-39-,53-51-,59-57-,65-63-,71-69-. The number of carbonyl (C=O) groups excluding carboxylic acids is 2. The van der Waals surface area contributed by atoms with Gasteiger partial charge in [0.2, 0.25) is 0 Å². The summed E-state index contributed by atoms with van der Waals surface area (Å²) >= 11 is 0. The van der Waals surface area contributed by atoms with Crippen LogP contribution in [0.5, 0.6) is 0 Å². The number of phosphoric ester groups is 1. The summed E-state index contributed by atoms with van der Waals surface area (Å²) in [5.74, 6) is -0.865. The number of hydrogen-bond donors (Lipinski definition) is 0. The average Bonchev–Trinajstić information content (AvgIpc) is 1.65. The van der Waals surface area contributed by atoms with E-state index in [2.05, 4.69) is 208 Å². The van der Waals surface area contributed by atoms with Crippen molar-refractivity contribution in [2.45, 2.75) is 315 Å². The van der Waals surface area contributed by atoms with Crippen LogP contribution in [0.2, 0.25) is 0 Å². The number of allylic oxidation sites excluding steroid dienone is 32. The summed E-state index contributed by atoms with van der Waals surface area (Å²) < 4.78 is 34.4. The zero-order chi connectivity index (χ0) is 72.5. The van der Waals surface area contributed by atoms with Gasteiger partial charge in [-0.2, -0.15) is 0 Å². The quantitative estimate of drug-likeness (QED) is 0.0195. The third-order valence-corrected chi connectivity index (χ3v) is 17.6. The number of likely N-dealkylation sites (N-methyl/N-ethyl adjacent to an activating group) is 1. The smallest absolute Gasteiger partial charge is 0.306 e. The number of hydrogen-bond acceptors (Lipinski definition) is 8. The van der Waals surface area contributed by atoms with Crippen LogP contribution in [0.25, 0.3) is 0 Å². The Morgan fingerprint density at radius 2 is 0.540 bits per heavy atom. The van der Waals surface area contributed by atoms with Crippen molar-refractivity contribution < 1.29 is 42.1 Å². The number of esters is 2. The van der Waals surface area contributed by atoms with E-state index in [0.29, 0.717) is 17.4 Å². The summed E-state index contributed by atoms with van der Waals surface area (Å²) in [7, 11) is 1.13. The summed E-state index contributed by atoms with van der Waals surface area (Å²) in [5, 5.41) is 0. The molecule has 0 aromatic rings. The SMILES string of the molecule is CC/C=C\C/C=C\C/C=C\C/C=C\C/C=C\C/C=C\C/C=C\C/C=C\C/C=C\C/C=C\CCCCCCC(=O)OC(COC(=O)CCCCCCCCCCCCCCCCCCCCCCCC/C=C\C/C=C\C/C=C\C/C=C\C/C=C\C/C=C\CC)COP(=O)([O-])OCC[N+](C)(C)C. The second kappa shape index (κ2) is 78.0. The minimum Gasteiger partial charge on any atom is -0.756 e. The van der Waals surface area contributed by atoms with Gasteiger partial charge in [-0.25, -0.2) is 0 Å². The maximum atomic E-state index is 12.9. The van der Waals surface area contributed by atoms with Crippen LogP contribution in [-0.4, -0.2) is 70.0 Å². The molecule has 0 aliphatic heterocycles. The Morgan fingerprint density at radius 1 is 0.310 bits per heavy atom. The van der Waals surface area contributed by atoms with Crippen LogP contribution in [0.15, 0.2) is 194 Å². The monoisotopic (exact) mass is 1400 g/mol. The molecule has 0 N–H and O–H groups in total. The third-order valence-electron chi connectivity index (χ3n) is 16.6. The highest BCUT2D eigenvalue weighted by molar-refractivity contribution is 7.45. The van der Waals surface area contributed by atoms with Crippen molar-refractivity contribution in [2.24, 2.45) is 0 Å². The topological polar surface area (TPSA) is 111 Å². The van der Waals surface area contributed by atoms with Gasteiger partial charge >= 0.3 is 11.9 Å². The molecule has 0 spiro atoms. The summed E-state index contributed by atoms with van der Waals surface area (Å²) in [6.45, 7) is 3.98. The Bertz CT molecular complexity index is 2400. The van der Waals surface area contributed by atoms with E-state index in [1.54, 1.807) is 0 Å². The molecule has 10 heteroatoms. The molecule has 100 heavy (non-hydrogen) atoms. The van der Waals surface area contributed by atoms with E-state index in [1.165, 1.54) is 128 Å². The highest BCUT2D eigenvalue weighted by Crippen LogP contribution is 2.38. The van der Waals surface area contributed by atoms with Gasteiger partial charge in [0.05, 0.1) is 27.7 Å².